The lowest BCUT2D eigenvalue weighted by atomic mass is 9.86. The van der Waals surface area contributed by atoms with Crippen molar-refractivity contribution in [2.24, 2.45) is 17.8 Å². The van der Waals surface area contributed by atoms with Crippen LogP contribution in [0.2, 0.25) is 0 Å². The zero-order valence-electron chi connectivity index (χ0n) is 12.0. The molecule has 1 aromatic rings. The second kappa shape index (κ2) is 4.91. The standard InChI is InChI=1S/C18H23NO/c20-18(11-16-9-12-4-5-15(16)8-12)19-17-7-6-13-2-1-3-14(13)10-17/h6-7,10,12,15-16H,1-5,8-9,11H2,(H,19,20)/t12-,15-,16-/m1/s1. The van der Waals surface area contributed by atoms with Crippen molar-refractivity contribution in [3.63, 3.8) is 0 Å². The molecule has 2 heteroatoms. The molecule has 4 rings (SSSR count). The molecule has 0 unspecified atom stereocenters. The Morgan fingerprint density at radius 1 is 1.15 bits per heavy atom. The largest absolute Gasteiger partial charge is 0.326 e. The minimum Gasteiger partial charge on any atom is -0.326 e. The first-order chi connectivity index (χ1) is 9.78. The lowest BCUT2D eigenvalue weighted by molar-refractivity contribution is -0.117. The summed E-state index contributed by atoms with van der Waals surface area (Å²) in [6, 6.07) is 6.44. The van der Waals surface area contributed by atoms with Crippen LogP contribution in [0.5, 0.6) is 0 Å². The highest BCUT2D eigenvalue weighted by Gasteiger charge is 2.40. The normalized spacial score (nSPS) is 30.5. The molecule has 1 amide bonds. The maximum Gasteiger partial charge on any atom is 0.224 e. The van der Waals surface area contributed by atoms with Gasteiger partial charge in [0.05, 0.1) is 0 Å². The van der Waals surface area contributed by atoms with Crippen molar-refractivity contribution in [3.8, 4) is 0 Å². The molecule has 20 heavy (non-hydrogen) atoms. The van der Waals surface area contributed by atoms with Crippen molar-refractivity contribution in [2.75, 3.05) is 5.32 Å². The van der Waals surface area contributed by atoms with Gasteiger partial charge in [0.1, 0.15) is 0 Å². The molecule has 2 nitrogen and oxygen atoms in total. The molecule has 106 valence electrons. The van der Waals surface area contributed by atoms with Gasteiger partial charge in [-0.3, -0.25) is 4.79 Å². The van der Waals surface area contributed by atoms with Crippen molar-refractivity contribution in [1.29, 1.82) is 0 Å². The number of aryl methyl sites for hydroxylation is 2. The fourth-order valence-electron chi connectivity index (χ4n) is 4.73. The van der Waals surface area contributed by atoms with Crippen LogP contribution in [0.4, 0.5) is 5.69 Å². The molecular weight excluding hydrogens is 246 g/mol. The Balaban J connectivity index is 1.38. The summed E-state index contributed by atoms with van der Waals surface area (Å²) < 4.78 is 0. The van der Waals surface area contributed by atoms with Gasteiger partial charge in [0.2, 0.25) is 5.91 Å². The molecule has 0 aromatic heterocycles. The van der Waals surface area contributed by atoms with Gasteiger partial charge >= 0.3 is 0 Å². The zero-order chi connectivity index (χ0) is 13.5. The number of benzene rings is 1. The monoisotopic (exact) mass is 269 g/mol. The highest BCUT2D eigenvalue weighted by Crippen LogP contribution is 2.49. The van der Waals surface area contributed by atoms with E-state index in [2.05, 4.69) is 23.5 Å². The summed E-state index contributed by atoms with van der Waals surface area (Å²) in [4.78, 5) is 12.2. The molecule has 0 saturated heterocycles. The molecule has 0 heterocycles. The van der Waals surface area contributed by atoms with E-state index in [-0.39, 0.29) is 5.91 Å². The number of amides is 1. The Labute approximate surface area is 121 Å². The first-order valence-corrected chi connectivity index (χ1v) is 8.19. The third-order valence-electron chi connectivity index (χ3n) is 5.71. The van der Waals surface area contributed by atoms with E-state index in [4.69, 9.17) is 0 Å². The van der Waals surface area contributed by atoms with Gasteiger partial charge in [-0.05, 0) is 79.5 Å². The zero-order valence-corrected chi connectivity index (χ0v) is 12.0. The summed E-state index contributed by atoms with van der Waals surface area (Å²) in [5.74, 6) is 2.65. The maximum absolute atomic E-state index is 12.2. The van der Waals surface area contributed by atoms with Crippen LogP contribution in [0.1, 0.15) is 49.7 Å². The Hall–Kier alpha value is -1.31. The Morgan fingerprint density at radius 3 is 2.85 bits per heavy atom. The van der Waals surface area contributed by atoms with Gasteiger partial charge in [-0.25, -0.2) is 0 Å². The van der Waals surface area contributed by atoms with Crippen LogP contribution in [-0.4, -0.2) is 5.91 Å². The van der Waals surface area contributed by atoms with Gasteiger partial charge in [-0.2, -0.15) is 0 Å². The van der Waals surface area contributed by atoms with Crippen LogP contribution in [0.25, 0.3) is 0 Å². The number of anilines is 1. The van der Waals surface area contributed by atoms with Gasteiger partial charge < -0.3 is 5.32 Å². The van der Waals surface area contributed by atoms with Crippen molar-refractivity contribution >= 4 is 11.6 Å². The molecule has 3 atom stereocenters. The average molecular weight is 269 g/mol. The molecule has 3 aliphatic carbocycles. The molecule has 0 spiro atoms. The third kappa shape index (κ3) is 2.25. The SMILES string of the molecule is O=C(C[C@H]1C[C@@H]2CC[C@@H]1C2)Nc1ccc2c(c1)CCC2. The lowest BCUT2D eigenvalue weighted by Gasteiger charge is -2.21. The van der Waals surface area contributed by atoms with Crippen molar-refractivity contribution in [3.05, 3.63) is 29.3 Å². The molecule has 0 aliphatic heterocycles. The Morgan fingerprint density at radius 2 is 2.05 bits per heavy atom. The highest BCUT2D eigenvalue weighted by molar-refractivity contribution is 5.91. The predicted molar refractivity (Wildman–Crippen MR) is 80.7 cm³/mol. The Kier molecular flexibility index (Phi) is 3.05. The van der Waals surface area contributed by atoms with Crippen LogP contribution < -0.4 is 5.32 Å². The molecule has 2 bridgehead atoms. The number of rotatable bonds is 3. The van der Waals surface area contributed by atoms with Crippen LogP contribution >= 0.6 is 0 Å². The van der Waals surface area contributed by atoms with Crippen LogP contribution in [0, 0.1) is 17.8 Å². The number of fused-ring (bicyclic) bond motifs is 3. The average Bonchev–Trinajstić information content (AvgIpc) is 3.13. The summed E-state index contributed by atoms with van der Waals surface area (Å²) >= 11 is 0. The van der Waals surface area contributed by atoms with E-state index in [0.717, 1.165) is 23.9 Å². The fraction of sp³-hybridized carbons (Fsp3) is 0.611. The summed E-state index contributed by atoms with van der Waals surface area (Å²) in [6.07, 6.45) is 9.82. The summed E-state index contributed by atoms with van der Waals surface area (Å²) in [7, 11) is 0. The van der Waals surface area contributed by atoms with Gasteiger partial charge in [-0.15, -0.1) is 0 Å². The molecule has 0 radical (unpaired) electrons. The maximum atomic E-state index is 12.2. The van der Waals surface area contributed by atoms with E-state index < -0.39 is 0 Å². The van der Waals surface area contributed by atoms with Gasteiger partial charge in [0, 0.05) is 12.1 Å². The molecule has 2 fully saturated rings. The highest BCUT2D eigenvalue weighted by atomic mass is 16.1. The van der Waals surface area contributed by atoms with Crippen LogP contribution in [0.15, 0.2) is 18.2 Å². The van der Waals surface area contributed by atoms with E-state index in [1.54, 1.807) is 0 Å². The molecule has 1 aromatic carbocycles. The smallest absolute Gasteiger partial charge is 0.224 e. The van der Waals surface area contributed by atoms with E-state index in [0.29, 0.717) is 5.92 Å². The number of nitrogens with one attached hydrogen (secondary N) is 1. The molecular formula is C18H23NO. The topological polar surface area (TPSA) is 29.1 Å². The van der Waals surface area contributed by atoms with Crippen molar-refractivity contribution in [1.82, 2.24) is 0 Å². The number of hydrogen-bond acceptors (Lipinski definition) is 1. The first-order valence-electron chi connectivity index (χ1n) is 8.19. The van der Waals surface area contributed by atoms with E-state index >= 15 is 0 Å². The van der Waals surface area contributed by atoms with Crippen LogP contribution in [-0.2, 0) is 17.6 Å². The Bertz CT molecular complexity index is 536. The molecule has 3 aliphatic rings. The van der Waals surface area contributed by atoms with Crippen molar-refractivity contribution in [2.45, 2.75) is 51.4 Å². The van der Waals surface area contributed by atoms with E-state index in [1.807, 2.05) is 0 Å². The second-order valence-corrected chi connectivity index (χ2v) is 7.02. The number of carbonyl (C=O) groups is 1. The summed E-state index contributed by atoms with van der Waals surface area (Å²) in [5.41, 5.74) is 3.90. The third-order valence-corrected chi connectivity index (χ3v) is 5.71. The summed E-state index contributed by atoms with van der Waals surface area (Å²) in [6.45, 7) is 0. The second-order valence-electron chi connectivity index (χ2n) is 7.02. The minimum atomic E-state index is 0.223. The van der Waals surface area contributed by atoms with Gasteiger partial charge in [0.15, 0.2) is 0 Å². The fourth-order valence-corrected chi connectivity index (χ4v) is 4.73. The van der Waals surface area contributed by atoms with Crippen LogP contribution in [0.3, 0.4) is 0 Å². The molecule has 1 N–H and O–H groups in total. The van der Waals surface area contributed by atoms with E-state index in [1.165, 1.54) is 56.1 Å². The predicted octanol–water partition coefficient (Wildman–Crippen LogP) is 3.94. The first kappa shape index (κ1) is 12.4. The van der Waals surface area contributed by atoms with E-state index in [9.17, 15) is 4.79 Å². The van der Waals surface area contributed by atoms with Gasteiger partial charge in [-0.1, -0.05) is 12.5 Å². The molecule has 2 saturated carbocycles. The number of hydrogen-bond donors (Lipinski definition) is 1. The minimum absolute atomic E-state index is 0.223. The van der Waals surface area contributed by atoms with Crippen molar-refractivity contribution < 1.29 is 4.79 Å². The number of carbonyl (C=O) groups excluding carboxylic acids is 1. The van der Waals surface area contributed by atoms with Gasteiger partial charge in [0.25, 0.3) is 0 Å². The lowest BCUT2D eigenvalue weighted by Crippen LogP contribution is -2.20. The summed E-state index contributed by atoms with van der Waals surface area (Å²) in [5, 5.41) is 3.12. The quantitative estimate of drug-likeness (QED) is 0.884.